The third-order valence-corrected chi connectivity index (χ3v) is 5.72. The summed E-state index contributed by atoms with van der Waals surface area (Å²) in [6, 6.07) is 8.39. The number of urea groups is 1. The van der Waals surface area contributed by atoms with Crippen molar-refractivity contribution in [3.05, 3.63) is 53.4 Å². The van der Waals surface area contributed by atoms with Gasteiger partial charge in [0, 0.05) is 5.38 Å². The Morgan fingerprint density at radius 3 is 2.72 bits per heavy atom. The second kappa shape index (κ2) is 7.25. The van der Waals surface area contributed by atoms with E-state index in [0.29, 0.717) is 28.0 Å². The Labute approximate surface area is 171 Å². The normalized spacial score (nSPS) is 18.8. The molecule has 0 aliphatic carbocycles. The fourth-order valence-corrected chi connectivity index (χ4v) is 4.12. The molecule has 4 rings (SSSR count). The molecule has 0 saturated carbocycles. The second-order valence-corrected chi connectivity index (χ2v) is 7.47. The minimum absolute atomic E-state index is 0.0593. The first kappa shape index (κ1) is 19.0. The molecule has 0 radical (unpaired) electrons. The van der Waals surface area contributed by atoms with Crippen LogP contribution >= 0.6 is 11.3 Å². The molecule has 3 amide bonds. The van der Waals surface area contributed by atoms with Crippen LogP contribution in [-0.4, -0.2) is 36.0 Å². The number of hydrogen-bond donors (Lipinski definition) is 1. The van der Waals surface area contributed by atoms with Crippen molar-refractivity contribution in [3.63, 3.8) is 0 Å². The van der Waals surface area contributed by atoms with E-state index in [9.17, 15) is 9.59 Å². The largest absolute Gasteiger partial charge is 0.493 e. The predicted octanol–water partition coefficient (Wildman–Crippen LogP) is 3.39. The summed E-state index contributed by atoms with van der Waals surface area (Å²) in [5.74, 6) is 1.19. The Kier molecular flexibility index (Phi) is 4.75. The first-order valence-electron chi connectivity index (χ1n) is 8.81. The number of carbonyl (C=O) groups excluding carboxylic acids is 2. The van der Waals surface area contributed by atoms with Gasteiger partial charge in [0.05, 0.1) is 38.3 Å². The van der Waals surface area contributed by atoms with Gasteiger partial charge in [0.2, 0.25) is 0 Å². The number of nitrogens with zero attached hydrogens (tertiary/aromatic N) is 2. The number of furan rings is 1. The predicted molar refractivity (Wildman–Crippen MR) is 106 cm³/mol. The van der Waals surface area contributed by atoms with E-state index in [1.165, 1.54) is 17.6 Å². The summed E-state index contributed by atoms with van der Waals surface area (Å²) >= 11 is 1.40. The Balaban J connectivity index is 1.59. The lowest BCUT2D eigenvalue weighted by Crippen LogP contribution is -2.40. The first-order chi connectivity index (χ1) is 14.0. The van der Waals surface area contributed by atoms with Gasteiger partial charge >= 0.3 is 6.03 Å². The number of ether oxygens (including phenoxy) is 2. The summed E-state index contributed by atoms with van der Waals surface area (Å²) in [7, 11) is 3.14. The smallest absolute Gasteiger partial charge is 0.325 e. The van der Waals surface area contributed by atoms with E-state index in [-0.39, 0.29) is 12.5 Å². The minimum atomic E-state index is -1.23. The SMILES string of the molecule is COc1cccc(-c2nc(CN3C(=O)N[C@@](C)(c4ccco4)C3=O)cs2)c1OC. The Morgan fingerprint density at radius 2 is 2.03 bits per heavy atom. The number of aromatic nitrogens is 1. The topological polar surface area (TPSA) is 93.9 Å². The standard InChI is InChI=1S/C20H19N3O5S/c1-20(15-8-5-9-28-15)18(24)23(19(25)22-20)10-12-11-29-17(21-12)13-6-4-7-14(26-2)16(13)27-3/h4-9,11H,10H2,1-3H3,(H,22,25)/t20-/m0/s1. The molecule has 1 fully saturated rings. The molecular weight excluding hydrogens is 394 g/mol. The van der Waals surface area contributed by atoms with Gasteiger partial charge in [0.15, 0.2) is 17.0 Å². The molecule has 0 bridgehead atoms. The molecule has 9 heteroatoms. The Hall–Kier alpha value is -3.33. The van der Waals surface area contributed by atoms with Gasteiger partial charge < -0.3 is 19.2 Å². The molecule has 1 aliphatic heterocycles. The van der Waals surface area contributed by atoms with Crippen LogP contribution in [0.1, 0.15) is 18.4 Å². The number of thiazole rings is 1. The van der Waals surface area contributed by atoms with Gasteiger partial charge in [-0.3, -0.25) is 9.69 Å². The third-order valence-electron chi connectivity index (χ3n) is 4.79. The van der Waals surface area contributed by atoms with Crippen molar-refractivity contribution >= 4 is 23.3 Å². The first-order valence-corrected chi connectivity index (χ1v) is 9.69. The maximum absolute atomic E-state index is 12.9. The summed E-state index contributed by atoms with van der Waals surface area (Å²) in [5.41, 5.74) is 0.151. The van der Waals surface area contributed by atoms with Crippen LogP contribution in [0.5, 0.6) is 11.5 Å². The second-order valence-electron chi connectivity index (χ2n) is 6.61. The minimum Gasteiger partial charge on any atom is -0.493 e. The average molecular weight is 413 g/mol. The van der Waals surface area contributed by atoms with Crippen molar-refractivity contribution in [1.29, 1.82) is 0 Å². The van der Waals surface area contributed by atoms with Crippen LogP contribution in [0.2, 0.25) is 0 Å². The van der Waals surface area contributed by atoms with Crippen molar-refractivity contribution in [1.82, 2.24) is 15.2 Å². The van der Waals surface area contributed by atoms with Crippen molar-refractivity contribution in [3.8, 4) is 22.1 Å². The molecule has 29 heavy (non-hydrogen) atoms. The van der Waals surface area contributed by atoms with Crippen molar-refractivity contribution in [2.24, 2.45) is 0 Å². The summed E-state index contributed by atoms with van der Waals surface area (Å²) in [4.78, 5) is 31.1. The highest BCUT2D eigenvalue weighted by molar-refractivity contribution is 7.13. The third kappa shape index (κ3) is 3.13. The molecule has 1 aromatic carbocycles. The van der Waals surface area contributed by atoms with E-state index >= 15 is 0 Å². The van der Waals surface area contributed by atoms with Gasteiger partial charge in [-0.05, 0) is 31.2 Å². The lowest BCUT2D eigenvalue weighted by Gasteiger charge is -2.18. The molecule has 8 nitrogen and oxygen atoms in total. The van der Waals surface area contributed by atoms with Gasteiger partial charge in [0.1, 0.15) is 10.8 Å². The quantitative estimate of drug-likeness (QED) is 0.623. The number of para-hydroxylation sites is 1. The van der Waals surface area contributed by atoms with Gasteiger partial charge in [-0.2, -0.15) is 0 Å². The highest BCUT2D eigenvalue weighted by Gasteiger charge is 2.51. The molecule has 150 valence electrons. The van der Waals surface area contributed by atoms with Crippen LogP contribution in [0.4, 0.5) is 4.79 Å². The van der Waals surface area contributed by atoms with Gasteiger partial charge in [0.25, 0.3) is 5.91 Å². The number of nitrogens with one attached hydrogen (secondary N) is 1. The highest BCUT2D eigenvalue weighted by atomic mass is 32.1. The van der Waals surface area contributed by atoms with Crippen LogP contribution < -0.4 is 14.8 Å². The average Bonchev–Trinajstić information content (AvgIpc) is 3.46. The lowest BCUT2D eigenvalue weighted by molar-refractivity contribution is -0.132. The fourth-order valence-electron chi connectivity index (χ4n) is 3.29. The molecule has 3 aromatic rings. The van der Waals surface area contributed by atoms with Crippen molar-refractivity contribution in [2.75, 3.05) is 14.2 Å². The van der Waals surface area contributed by atoms with E-state index in [4.69, 9.17) is 13.9 Å². The number of carbonyl (C=O) groups is 2. The van der Waals surface area contributed by atoms with E-state index in [0.717, 1.165) is 10.5 Å². The fraction of sp³-hybridized carbons (Fsp3) is 0.250. The molecule has 0 spiro atoms. The van der Waals surface area contributed by atoms with Crippen LogP contribution in [0.25, 0.3) is 10.6 Å². The van der Waals surface area contributed by atoms with E-state index in [1.54, 1.807) is 39.3 Å². The zero-order valence-corrected chi connectivity index (χ0v) is 16.9. The maximum Gasteiger partial charge on any atom is 0.325 e. The monoisotopic (exact) mass is 413 g/mol. The van der Waals surface area contributed by atoms with Crippen molar-refractivity contribution in [2.45, 2.75) is 19.0 Å². The molecule has 1 atom stereocenters. The zero-order chi connectivity index (χ0) is 20.6. The van der Waals surface area contributed by atoms with Crippen molar-refractivity contribution < 1.29 is 23.5 Å². The molecule has 1 aliphatic rings. The summed E-state index contributed by atoms with van der Waals surface area (Å²) in [6.07, 6.45) is 1.47. The van der Waals surface area contributed by atoms with Crippen LogP contribution in [0.15, 0.2) is 46.4 Å². The summed E-state index contributed by atoms with van der Waals surface area (Å²) < 4.78 is 16.2. The van der Waals surface area contributed by atoms with Crippen LogP contribution in [0.3, 0.4) is 0 Å². The maximum atomic E-state index is 12.9. The number of rotatable bonds is 6. The molecule has 1 saturated heterocycles. The molecular formula is C20H19N3O5S. The molecule has 0 unspecified atom stereocenters. The van der Waals surface area contributed by atoms with Gasteiger partial charge in [-0.1, -0.05) is 6.07 Å². The van der Waals surface area contributed by atoms with E-state index < -0.39 is 11.6 Å². The Morgan fingerprint density at radius 1 is 1.21 bits per heavy atom. The molecule has 2 aromatic heterocycles. The van der Waals surface area contributed by atoms with Crippen LogP contribution in [0, 0.1) is 0 Å². The number of hydrogen-bond acceptors (Lipinski definition) is 7. The number of amides is 3. The lowest BCUT2D eigenvalue weighted by atomic mass is 9.99. The van der Waals surface area contributed by atoms with Crippen LogP contribution in [-0.2, 0) is 16.9 Å². The van der Waals surface area contributed by atoms with E-state index in [2.05, 4.69) is 10.3 Å². The summed E-state index contributed by atoms with van der Waals surface area (Å²) in [5, 5.41) is 5.23. The zero-order valence-electron chi connectivity index (χ0n) is 16.1. The number of imide groups is 1. The van der Waals surface area contributed by atoms with E-state index in [1.807, 2.05) is 17.5 Å². The number of methoxy groups -OCH3 is 2. The number of benzene rings is 1. The van der Waals surface area contributed by atoms with Gasteiger partial charge in [-0.15, -0.1) is 11.3 Å². The summed E-state index contributed by atoms with van der Waals surface area (Å²) in [6.45, 7) is 1.68. The highest BCUT2D eigenvalue weighted by Crippen LogP contribution is 2.39. The Bertz CT molecular complexity index is 1060. The molecule has 1 N–H and O–H groups in total. The van der Waals surface area contributed by atoms with Gasteiger partial charge in [-0.25, -0.2) is 9.78 Å². The molecule has 3 heterocycles.